The molecule has 0 saturated heterocycles. The zero-order valence-electron chi connectivity index (χ0n) is 15.9. The van der Waals surface area contributed by atoms with Crippen LogP contribution in [0.3, 0.4) is 0 Å². The lowest BCUT2D eigenvalue weighted by Crippen LogP contribution is -2.23. The van der Waals surface area contributed by atoms with E-state index in [1.165, 1.54) is 25.5 Å². The predicted molar refractivity (Wildman–Crippen MR) is 106 cm³/mol. The van der Waals surface area contributed by atoms with E-state index in [0.29, 0.717) is 16.9 Å². The molecule has 0 aromatic heterocycles. The molecule has 0 unspecified atom stereocenters. The number of rotatable bonds is 8. The maximum Gasteiger partial charge on any atom is 0.167 e. The van der Waals surface area contributed by atoms with Crippen molar-refractivity contribution in [1.29, 1.82) is 0 Å². The van der Waals surface area contributed by atoms with Gasteiger partial charge in [0.1, 0.15) is 18.2 Å². The van der Waals surface area contributed by atoms with Gasteiger partial charge in [-0.05, 0) is 42.0 Å². The largest absolute Gasteiger partial charge is 0.545 e. The van der Waals surface area contributed by atoms with E-state index in [0.717, 1.165) is 12.1 Å². The zero-order valence-corrected chi connectivity index (χ0v) is 15.9. The second kappa shape index (κ2) is 9.51. The van der Waals surface area contributed by atoms with E-state index in [9.17, 15) is 18.7 Å². The number of aromatic carboxylic acids is 1. The molecule has 0 spiro atoms. The van der Waals surface area contributed by atoms with Crippen molar-refractivity contribution < 1.29 is 28.2 Å². The third kappa shape index (κ3) is 5.11. The molecule has 0 saturated carbocycles. The first-order valence-corrected chi connectivity index (χ1v) is 8.82. The van der Waals surface area contributed by atoms with Crippen molar-refractivity contribution >= 4 is 17.9 Å². The Morgan fingerprint density at radius 3 is 2.60 bits per heavy atom. The zero-order chi connectivity index (χ0) is 21.5. The van der Waals surface area contributed by atoms with Crippen molar-refractivity contribution in [2.45, 2.75) is 6.61 Å². The average molecular weight is 411 g/mol. The van der Waals surface area contributed by atoms with Gasteiger partial charge in [0.25, 0.3) is 0 Å². The van der Waals surface area contributed by atoms with Crippen molar-refractivity contribution in [3.63, 3.8) is 0 Å². The Labute approximate surface area is 171 Å². The average Bonchev–Trinajstić information content (AvgIpc) is 2.73. The summed E-state index contributed by atoms with van der Waals surface area (Å²) in [7, 11) is 1.49. The van der Waals surface area contributed by atoms with Crippen LogP contribution in [-0.2, 0) is 6.61 Å². The third-order valence-electron chi connectivity index (χ3n) is 4.13. The van der Waals surface area contributed by atoms with Gasteiger partial charge >= 0.3 is 0 Å². The number of nitrogens with zero attached hydrogens (tertiary/aromatic N) is 1. The molecule has 3 aromatic carbocycles. The molecule has 0 radical (unpaired) electrons. The maximum absolute atomic E-state index is 13.8. The SMILES string of the molecule is COc1ccc(/C=N\Nc2ccccc2C(=O)[O-])cc1COc1ccc(F)cc1F. The number of anilines is 1. The fourth-order valence-electron chi connectivity index (χ4n) is 2.67. The van der Waals surface area contributed by atoms with E-state index < -0.39 is 17.6 Å². The summed E-state index contributed by atoms with van der Waals surface area (Å²) in [5.41, 5.74) is 4.21. The number of ether oxygens (including phenoxy) is 2. The van der Waals surface area contributed by atoms with Crippen molar-refractivity contribution in [3.05, 3.63) is 89.0 Å². The lowest BCUT2D eigenvalue weighted by molar-refractivity contribution is -0.254. The number of carbonyl (C=O) groups excluding carboxylic acids is 1. The summed E-state index contributed by atoms with van der Waals surface area (Å²) in [4.78, 5) is 11.1. The molecule has 1 N–H and O–H groups in total. The van der Waals surface area contributed by atoms with Gasteiger partial charge in [-0.2, -0.15) is 5.10 Å². The Morgan fingerprint density at radius 1 is 1.10 bits per heavy atom. The molecular formula is C22H17F2N2O4-. The standard InChI is InChI=1S/C22H18F2N2O4/c1-29-20-8-6-14(12-25-26-19-5-3-2-4-17(19)22(27)28)10-15(20)13-30-21-9-7-16(23)11-18(21)24/h2-12,26H,13H2,1H3,(H,27,28)/p-1/b25-12-. The van der Waals surface area contributed by atoms with Crippen LogP contribution in [0.5, 0.6) is 11.5 Å². The summed E-state index contributed by atoms with van der Waals surface area (Å²) in [5, 5.41) is 15.2. The van der Waals surface area contributed by atoms with Crippen LogP contribution in [0.25, 0.3) is 0 Å². The highest BCUT2D eigenvalue weighted by Crippen LogP contribution is 2.24. The third-order valence-corrected chi connectivity index (χ3v) is 4.13. The van der Waals surface area contributed by atoms with Crippen molar-refractivity contribution in [2.24, 2.45) is 5.10 Å². The molecule has 0 aliphatic rings. The number of nitrogens with one attached hydrogen (secondary N) is 1. The van der Waals surface area contributed by atoms with Gasteiger partial charge in [-0.1, -0.05) is 18.2 Å². The minimum atomic E-state index is -1.31. The summed E-state index contributed by atoms with van der Waals surface area (Å²) >= 11 is 0. The minimum absolute atomic E-state index is 0.0141. The minimum Gasteiger partial charge on any atom is -0.545 e. The van der Waals surface area contributed by atoms with Crippen molar-refractivity contribution in [3.8, 4) is 11.5 Å². The number of hydrogen-bond donors (Lipinski definition) is 1. The summed E-state index contributed by atoms with van der Waals surface area (Å²) in [5.74, 6) is -2.38. The van der Waals surface area contributed by atoms with Gasteiger partial charge in [-0.15, -0.1) is 0 Å². The molecule has 30 heavy (non-hydrogen) atoms. The van der Waals surface area contributed by atoms with Crippen LogP contribution in [-0.4, -0.2) is 19.3 Å². The van der Waals surface area contributed by atoms with Gasteiger partial charge in [-0.25, -0.2) is 8.78 Å². The number of carbonyl (C=O) groups is 1. The van der Waals surface area contributed by atoms with Gasteiger partial charge < -0.3 is 19.4 Å². The first-order valence-electron chi connectivity index (χ1n) is 8.82. The molecule has 0 aliphatic heterocycles. The number of methoxy groups -OCH3 is 1. The highest BCUT2D eigenvalue weighted by atomic mass is 19.1. The molecule has 0 amide bonds. The molecule has 8 heteroatoms. The quantitative estimate of drug-likeness (QED) is 0.454. The Hall–Kier alpha value is -3.94. The van der Waals surface area contributed by atoms with E-state index in [-0.39, 0.29) is 23.6 Å². The van der Waals surface area contributed by atoms with Crippen LogP contribution in [0.15, 0.2) is 65.8 Å². The van der Waals surface area contributed by atoms with Gasteiger partial charge in [0, 0.05) is 17.2 Å². The molecule has 0 heterocycles. The Bertz CT molecular complexity index is 1090. The normalized spacial score (nSPS) is 10.8. The highest BCUT2D eigenvalue weighted by molar-refractivity contribution is 5.93. The molecule has 3 rings (SSSR count). The molecular weight excluding hydrogens is 394 g/mol. The molecule has 3 aromatic rings. The fourth-order valence-corrected chi connectivity index (χ4v) is 2.67. The molecule has 154 valence electrons. The summed E-state index contributed by atoms with van der Waals surface area (Å²) in [6, 6.07) is 14.4. The Kier molecular flexibility index (Phi) is 6.59. The van der Waals surface area contributed by atoms with Crippen molar-refractivity contribution in [2.75, 3.05) is 12.5 Å². The summed E-state index contributed by atoms with van der Waals surface area (Å²) < 4.78 is 37.5. The number of hydrogen-bond acceptors (Lipinski definition) is 6. The van der Waals surface area contributed by atoms with Crippen LogP contribution < -0.4 is 20.0 Å². The van der Waals surface area contributed by atoms with E-state index >= 15 is 0 Å². The predicted octanol–water partition coefficient (Wildman–Crippen LogP) is 3.36. The lowest BCUT2D eigenvalue weighted by Gasteiger charge is -2.12. The smallest absolute Gasteiger partial charge is 0.167 e. The maximum atomic E-state index is 13.8. The van der Waals surface area contributed by atoms with E-state index in [1.807, 2.05) is 0 Å². The summed E-state index contributed by atoms with van der Waals surface area (Å²) in [6.45, 7) is -0.0195. The van der Waals surface area contributed by atoms with Crippen molar-refractivity contribution in [1.82, 2.24) is 0 Å². The number of benzene rings is 3. The number of halogens is 2. The van der Waals surface area contributed by atoms with E-state index in [1.54, 1.807) is 36.4 Å². The number of carboxylic acid groups (broad SMARTS) is 1. The molecule has 6 nitrogen and oxygen atoms in total. The topological polar surface area (TPSA) is 83.0 Å². The molecule has 0 atom stereocenters. The summed E-state index contributed by atoms with van der Waals surface area (Å²) in [6.07, 6.45) is 1.48. The van der Waals surface area contributed by atoms with Crippen LogP contribution in [0.2, 0.25) is 0 Å². The van der Waals surface area contributed by atoms with Gasteiger partial charge in [0.05, 0.1) is 25.0 Å². The first-order chi connectivity index (χ1) is 14.5. The van der Waals surface area contributed by atoms with Gasteiger partial charge in [-0.3, -0.25) is 5.43 Å². The first kappa shape index (κ1) is 20.8. The fraction of sp³-hybridized carbons (Fsp3) is 0.0909. The van der Waals surface area contributed by atoms with Crippen LogP contribution in [0, 0.1) is 11.6 Å². The van der Waals surface area contributed by atoms with Crippen LogP contribution in [0.4, 0.5) is 14.5 Å². The van der Waals surface area contributed by atoms with E-state index in [2.05, 4.69) is 10.5 Å². The Morgan fingerprint density at radius 2 is 1.87 bits per heavy atom. The second-order valence-electron chi connectivity index (χ2n) is 6.14. The number of hydrazone groups is 1. The molecule has 0 aliphatic carbocycles. The van der Waals surface area contributed by atoms with Gasteiger partial charge in [0.2, 0.25) is 0 Å². The second-order valence-corrected chi connectivity index (χ2v) is 6.14. The van der Waals surface area contributed by atoms with Crippen LogP contribution in [0.1, 0.15) is 21.5 Å². The molecule has 0 bridgehead atoms. The molecule has 0 fully saturated rings. The lowest BCUT2D eigenvalue weighted by atomic mass is 10.1. The van der Waals surface area contributed by atoms with Crippen LogP contribution >= 0.6 is 0 Å². The Balaban J connectivity index is 1.74. The monoisotopic (exact) mass is 411 g/mol. The highest BCUT2D eigenvalue weighted by Gasteiger charge is 2.09. The van der Waals surface area contributed by atoms with E-state index in [4.69, 9.17) is 9.47 Å². The number of para-hydroxylation sites is 1. The van der Waals surface area contributed by atoms with Gasteiger partial charge in [0.15, 0.2) is 11.6 Å². The number of carboxylic acids is 1.